The molecule has 29 heavy (non-hydrogen) atoms. The van der Waals surface area contributed by atoms with Crippen molar-refractivity contribution in [3.63, 3.8) is 0 Å². The van der Waals surface area contributed by atoms with Gasteiger partial charge >= 0.3 is 0 Å². The first-order valence-electron chi connectivity index (χ1n) is 9.59. The summed E-state index contributed by atoms with van der Waals surface area (Å²) in [5, 5.41) is 9.91. The van der Waals surface area contributed by atoms with Crippen LogP contribution in [0.15, 0.2) is 42.5 Å². The molecule has 1 fully saturated rings. The van der Waals surface area contributed by atoms with Crippen molar-refractivity contribution in [2.75, 3.05) is 47.6 Å². The SMILES string of the molecule is COc1cc(C(=O)N2CCN(Cc3ccccc3)C(CO)C2)cc(OC)c1OC. The van der Waals surface area contributed by atoms with E-state index in [9.17, 15) is 9.90 Å². The summed E-state index contributed by atoms with van der Waals surface area (Å²) in [5.41, 5.74) is 1.66. The molecule has 7 heteroatoms. The molecule has 7 nitrogen and oxygen atoms in total. The zero-order chi connectivity index (χ0) is 20.8. The van der Waals surface area contributed by atoms with E-state index in [0.717, 1.165) is 6.54 Å². The van der Waals surface area contributed by atoms with E-state index >= 15 is 0 Å². The van der Waals surface area contributed by atoms with Crippen LogP contribution >= 0.6 is 0 Å². The van der Waals surface area contributed by atoms with Gasteiger partial charge in [0.1, 0.15) is 0 Å². The number of aliphatic hydroxyl groups is 1. The number of ether oxygens (including phenoxy) is 3. The molecule has 1 saturated heterocycles. The van der Waals surface area contributed by atoms with E-state index in [2.05, 4.69) is 17.0 Å². The van der Waals surface area contributed by atoms with E-state index in [-0.39, 0.29) is 18.6 Å². The summed E-state index contributed by atoms with van der Waals surface area (Å²) in [5.74, 6) is 1.21. The van der Waals surface area contributed by atoms with Crippen LogP contribution in [0.3, 0.4) is 0 Å². The Balaban J connectivity index is 1.75. The molecule has 2 aromatic rings. The van der Waals surface area contributed by atoms with Crippen molar-refractivity contribution in [3.8, 4) is 17.2 Å². The second-order valence-electron chi connectivity index (χ2n) is 6.96. The minimum absolute atomic E-state index is 0.00807. The summed E-state index contributed by atoms with van der Waals surface area (Å²) in [7, 11) is 4.57. The lowest BCUT2D eigenvalue weighted by atomic mass is 10.1. The van der Waals surface area contributed by atoms with Crippen LogP contribution in [0.4, 0.5) is 0 Å². The van der Waals surface area contributed by atoms with Crippen LogP contribution in [-0.4, -0.2) is 74.4 Å². The lowest BCUT2D eigenvalue weighted by Crippen LogP contribution is -2.55. The zero-order valence-electron chi connectivity index (χ0n) is 17.1. The second kappa shape index (κ2) is 9.62. The van der Waals surface area contributed by atoms with E-state index < -0.39 is 0 Å². The number of hydrogen-bond donors (Lipinski definition) is 1. The topological polar surface area (TPSA) is 71.5 Å². The van der Waals surface area contributed by atoms with E-state index in [0.29, 0.717) is 42.4 Å². The molecule has 0 saturated carbocycles. The van der Waals surface area contributed by atoms with Crippen molar-refractivity contribution in [3.05, 3.63) is 53.6 Å². The summed E-state index contributed by atoms with van der Waals surface area (Å²) in [4.78, 5) is 17.1. The molecule has 0 radical (unpaired) electrons. The Hall–Kier alpha value is -2.77. The number of benzene rings is 2. The molecule has 1 N–H and O–H groups in total. The Labute approximate surface area is 171 Å². The molecule has 0 aromatic heterocycles. The zero-order valence-corrected chi connectivity index (χ0v) is 17.1. The largest absolute Gasteiger partial charge is 0.493 e. The van der Waals surface area contributed by atoms with Crippen LogP contribution in [0.5, 0.6) is 17.2 Å². The lowest BCUT2D eigenvalue weighted by Gasteiger charge is -2.40. The standard InChI is InChI=1S/C22H28N2O5/c1-27-19-11-17(12-20(28-2)21(19)29-3)22(26)24-10-9-23(18(14-24)15-25)13-16-7-5-4-6-8-16/h4-8,11-12,18,25H,9-10,13-15H2,1-3H3. The number of piperazine rings is 1. The Morgan fingerprint density at radius 2 is 1.69 bits per heavy atom. The molecule has 156 valence electrons. The molecule has 0 bridgehead atoms. The summed E-state index contributed by atoms with van der Waals surface area (Å²) in [6.07, 6.45) is 0. The predicted octanol–water partition coefficient (Wildman–Crippen LogP) is 2.03. The van der Waals surface area contributed by atoms with Crippen LogP contribution in [0.2, 0.25) is 0 Å². The highest BCUT2D eigenvalue weighted by atomic mass is 16.5. The monoisotopic (exact) mass is 400 g/mol. The summed E-state index contributed by atoms with van der Waals surface area (Å²) >= 11 is 0. The van der Waals surface area contributed by atoms with Gasteiger partial charge < -0.3 is 24.2 Å². The van der Waals surface area contributed by atoms with Crippen molar-refractivity contribution in [1.82, 2.24) is 9.80 Å². The average molecular weight is 400 g/mol. The fraction of sp³-hybridized carbons (Fsp3) is 0.409. The Bertz CT molecular complexity index is 802. The summed E-state index contributed by atoms with van der Waals surface area (Å²) in [6, 6.07) is 13.4. The van der Waals surface area contributed by atoms with Gasteiger partial charge in [0.15, 0.2) is 11.5 Å². The molecule has 1 heterocycles. The smallest absolute Gasteiger partial charge is 0.254 e. The molecule has 2 aromatic carbocycles. The van der Waals surface area contributed by atoms with Crippen molar-refractivity contribution in [2.24, 2.45) is 0 Å². The third-order valence-electron chi connectivity index (χ3n) is 5.24. The lowest BCUT2D eigenvalue weighted by molar-refractivity contribution is 0.0291. The molecule has 1 aliphatic heterocycles. The minimum atomic E-state index is -0.123. The first-order valence-corrected chi connectivity index (χ1v) is 9.59. The van der Waals surface area contributed by atoms with Crippen molar-refractivity contribution < 1.29 is 24.1 Å². The average Bonchev–Trinajstić information content (AvgIpc) is 2.78. The van der Waals surface area contributed by atoms with Gasteiger partial charge in [-0.1, -0.05) is 30.3 Å². The van der Waals surface area contributed by atoms with E-state index in [1.165, 1.54) is 26.9 Å². The predicted molar refractivity (Wildman–Crippen MR) is 110 cm³/mol. The van der Waals surface area contributed by atoms with Gasteiger partial charge in [0.2, 0.25) is 5.75 Å². The van der Waals surface area contributed by atoms with Gasteiger partial charge in [-0.3, -0.25) is 9.69 Å². The highest BCUT2D eigenvalue weighted by molar-refractivity contribution is 5.95. The van der Waals surface area contributed by atoms with Crippen molar-refractivity contribution >= 4 is 5.91 Å². The molecule has 1 aliphatic rings. The van der Waals surface area contributed by atoms with Crippen LogP contribution in [0.25, 0.3) is 0 Å². The molecule has 1 unspecified atom stereocenters. The number of aliphatic hydroxyl groups excluding tert-OH is 1. The number of nitrogens with zero attached hydrogens (tertiary/aromatic N) is 2. The van der Waals surface area contributed by atoms with Gasteiger partial charge in [0.25, 0.3) is 5.91 Å². The minimum Gasteiger partial charge on any atom is -0.493 e. The molecular formula is C22H28N2O5. The van der Waals surface area contributed by atoms with Crippen LogP contribution in [0.1, 0.15) is 15.9 Å². The number of methoxy groups -OCH3 is 3. The van der Waals surface area contributed by atoms with E-state index in [1.54, 1.807) is 17.0 Å². The maximum Gasteiger partial charge on any atom is 0.254 e. The number of hydrogen-bond acceptors (Lipinski definition) is 6. The molecule has 0 aliphatic carbocycles. The maximum atomic E-state index is 13.1. The third kappa shape index (κ3) is 4.63. The van der Waals surface area contributed by atoms with Crippen LogP contribution in [-0.2, 0) is 6.54 Å². The van der Waals surface area contributed by atoms with Crippen LogP contribution in [0, 0.1) is 0 Å². The molecule has 1 amide bonds. The highest BCUT2D eigenvalue weighted by Gasteiger charge is 2.30. The molecule has 1 atom stereocenters. The molecule has 0 spiro atoms. The summed E-state index contributed by atoms with van der Waals surface area (Å²) < 4.78 is 16.0. The van der Waals surface area contributed by atoms with E-state index in [1.807, 2.05) is 18.2 Å². The normalized spacial score (nSPS) is 17.1. The van der Waals surface area contributed by atoms with E-state index in [4.69, 9.17) is 14.2 Å². The first kappa shape index (κ1) is 21.0. The van der Waals surface area contributed by atoms with Gasteiger partial charge in [-0.25, -0.2) is 0 Å². The van der Waals surface area contributed by atoms with Gasteiger partial charge in [-0.15, -0.1) is 0 Å². The van der Waals surface area contributed by atoms with Crippen molar-refractivity contribution in [2.45, 2.75) is 12.6 Å². The van der Waals surface area contributed by atoms with Gasteiger partial charge in [-0.2, -0.15) is 0 Å². The number of carbonyl (C=O) groups excluding carboxylic acids is 1. The number of carbonyl (C=O) groups is 1. The number of rotatable bonds is 7. The molecule has 3 rings (SSSR count). The maximum absolute atomic E-state index is 13.1. The Morgan fingerprint density at radius 1 is 1.03 bits per heavy atom. The quantitative estimate of drug-likeness (QED) is 0.767. The first-order chi connectivity index (χ1) is 14.1. The fourth-order valence-corrected chi connectivity index (χ4v) is 3.66. The Kier molecular flexibility index (Phi) is 6.95. The second-order valence-corrected chi connectivity index (χ2v) is 6.96. The molecular weight excluding hydrogens is 372 g/mol. The fourth-order valence-electron chi connectivity index (χ4n) is 3.66. The summed E-state index contributed by atoms with van der Waals surface area (Å²) in [6.45, 7) is 2.47. The van der Waals surface area contributed by atoms with Crippen LogP contribution < -0.4 is 14.2 Å². The van der Waals surface area contributed by atoms with Gasteiger partial charge in [0.05, 0.1) is 34.0 Å². The Morgan fingerprint density at radius 3 is 2.24 bits per heavy atom. The van der Waals surface area contributed by atoms with Gasteiger partial charge in [0, 0.05) is 31.7 Å². The van der Waals surface area contributed by atoms with Gasteiger partial charge in [-0.05, 0) is 17.7 Å². The van der Waals surface area contributed by atoms with Crippen molar-refractivity contribution in [1.29, 1.82) is 0 Å². The highest BCUT2D eigenvalue weighted by Crippen LogP contribution is 2.38. The number of amides is 1. The third-order valence-corrected chi connectivity index (χ3v) is 5.24.